The minimum atomic E-state index is -0.269. The fraction of sp³-hybridized carbons (Fsp3) is 0.200. The van der Waals surface area contributed by atoms with Crippen molar-refractivity contribution in [3.8, 4) is 0 Å². The van der Waals surface area contributed by atoms with Gasteiger partial charge in [-0.25, -0.2) is 5.43 Å². The third kappa shape index (κ3) is 3.36. The second-order valence-corrected chi connectivity index (χ2v) is 5.66. The van der Waals surface area contributed by atoms with Crippen molar-refractivity contribution in [2.75, 3.05) is 0 Å². The van der Waals surface area contributed by atoms with Gasteiger partial charge in [0.25, 0.3) is 5.91 Å². The fourth-order valence-corrected chi connectivity index (χ4v) is 2.45. The SMILES string of the molecule is Cc1cc(C)c(/C=N\NC(=O)c2cc(Br)c[nH]2)c(C)c1. The van der Waals surface area contributed by atoms with E-state index >= 15 is 0 Å². The highest BCUT2D eigenvalue weighted by atomic mass is 79.9. The summed E-state index contributed by atoms with van der Waals surface area (Å²) < 4.78 is 0.830. The topological polar surface area (TPSA) is 57.2 Å². The number of benzene rings is 1. The maximum Gasteiger partial charge on any atom is 0.287 e. The van der Waals surface area contributed by atoms with Gasteiger partial charge in [0.1, 0.15) is 5.69 Å². The van der Waals surface area contributed by atoms with Crippen molar-refractivity contribution in [1.82, 2.24) is 10.4 Å². The van der Waals surface area contributed by atoms with E-state index < -0.39 is 0 Å². The number of aryl methyl sites for hydroxylation is 3. The summed E-state index contributed by atoms with van der Waals surface area (Å²) in [5.41, 5.74) is 7.51. The molecule has 104 valence electrons. The molecule has 0 aliphatic rings. The summed E-state index contributed by atoms with van der Waals surface area (Å²) in [7, 11) is 0. The number of carbonyl (C=O) groups excluding carboxylic acids is 1. The number of halogens is 1. The van der Waals surface area contributed by atoms with E-state index in [1.807, 2.05) is 13.8 Å². The smallest absolute Gasteiger partial charge is 0.287 e. The maximum absolute atomic E-state index is 11.8. The molecule has 2 aromatic rings. The number of hydrogen-bond acceptors (Lipinski definition) is 2. The summed E-state index contributed by atoms with van der Waals surface area (Å²) in [6, 6.07) is 5.89. The minimum Gasteiger partial charge on any atom is -0.356 e. The predicted octanol–water partition coefficient (Wildman–Crippen LogP) is 3.47. The summed E-state index contributed by atoms with van der Waals surface area (Å²) >= 11 is 3.28. The van der Waals surface area contributed by atoms with Gasteiger partial charge in [-0.2, -0.15) is 5.10 Å². The Hall–Kier alpha value is -1.88. The zero-order chi connectivity index (χ0) is 14.7. The van der Waals surface area contributed by atoms with Gasteiger partial charge in [0, 0.05) is 16.2 Å². The molecule has 2 rings (SSSR count). The number of hydrogen-bond donors (Lipinski definition) is 2. The molecule has 0 spiro atoms. The largest absolute Gasteiger partial charge is 0.356 e. The highest BCUT2D eigenvalue weighted by Gasteiger charge is 2.06. The normalized spacial score (nSPS) is 11.0. The summed E-state index contributed by atoms with van der Waals surface area (Å²) in [5.74, 6) is -0.269. The molecule has 1 aromatic carbocycles. The van der Waals surface area contributed by atoms with Gasteiger partial charge in [0.2, 0.25) is 0 Å². The molecule has 0 fully saturated rings. The van der Waals surface area contributed by atoms with Gasteiger partial charge in [-0.15, -0.1) is 0 Å². The van der Waals surface area contributed by atoms with Gasteiger partial charge in [-0.1, -0.05) is 17.7 Å². The second kappa shape index (κ2) is 6.05. The molecule has 0 bridgehead atoms. The van der Waals surface area contributed by atoms with Gasteiger partial charge in [0.15, 0.2) is 0 Å². The van der Waals surface area contributed by atoms with E-state index in [4.69, 9.17) is 0 Å². The van der Waals surface area contributed by atoms with Gasteiger partial charge < -0.3 is 4.98 Å². The number of aromatic nitrogens is 1. The van der Waals surface area contributed by atoms with Crippen LogP contribution in [0.15, 0.2) is 34.0 Å². The first-order valence-corrected chi connectivity index (χ1v) is 7.02. The first-order chi connectivity index (χ1) is 9.47. The molecule has 0 aliphatic heterocycles. The van der Waals surface area contributed by atoms with Crippen molar-refractivity contribution in [1.29, 1.82) is 0 Å². The summed E-state index contributed by atoms with van der Waals surface area (Å²) in [4.78, 5) is 14.6. The molecule has 0 radical (unpaired) electrons. The maximum atomic E-state index is 11.8. The Balaban J connectivity index is 2.09. The van der Waals surface area contributed by atoms with Crippen LogP contribution in [-0.4, -0.2) is 17.1 Å². The fourth-order valence-electron chi connectivity index (χ4n) is 2.11. The van der Waals surface area contributed by atoms with Crippen molar-refractivity contribution < 1.29 is 4.79 Å². The molecule has 0 unspecified atom stereocenters. The number of H-pyrrole nitrogens is 1. The Kier molecular flexibility index (Phi) is 4.39. The quantitative estimate of drug-likeness (QED) is 0.655. The highest BCUT2D eigenvalue weighted by Crippen LogP contribution is 2.14. The average Bonchev–Trinajstić information content (AvgIpc) is 2.79. The Morgan fingerprint density at radius 1 is 1.25 bits per heavy atom. The Morgan fingerprint density at radius 3 is 2.45 bits per heavy atom. The monoisotopic (exact) mass is 333 g/mol. The summed E-state index contributed by atoms with van der Waals surface area (Å²) in [5, 5.41) is 4.02. The number of carbonyl (C=O) groups is 1. The van der Waals surface area contributed by atoms with E-state index in [2.05, 4.69) is 50.5 Å². The molecule has 4 nitrogen and oxygen atoms in total. The first-order valence-electron chi connectivity index (χ1n) is 6.22. The van der Waals surface area contributed by atoms with E-state index in [9.17, 15) is 4.79 Å². The van der Waals surface area contributed by atoms with Crippen molar-refractivity contribution in [2.24, 2.45) is 5.10 Å². The standard InChI is InChI=1S/C15H16BrN3O/c1-9-4-10(2)13(11(3)5-9)8-18-19-15(20)14-6-12(16)7-17-14/h4-8,17H,1-3H3,(H,19,20)/b18-8-. The third-order valence-electron chi connectivity index (χ3n) is 2.99. The van der Waals surface area contributed by atoms with Crippen molar-refractivity contribution in [3.05, 3.63) is 56.8 Å². The zero-order valence-electron chi connectivity index (χ0n) is 11.6. The number of amides is 1. The van der Waals surface area contributed by atoms with Crippen LogP contribution >= 0.6 is 15.9 Å². The minimum absolute atomic E-state index is 0.269. The molecule has 1 aromatic heterocycles. The van der Waals surface area contributed by atoms with Gasteiger partial charge in [-0.3, -0.25) is 4.79 Å². The molecule has 0 saturated carbocycles. The van der Waals surface area contributed by atoms with Crippen LogP contribution in [0.25, 0.3) is 0 Å². The van der Waals surface area contributed by atoms with E-state index in [0.717, 1.165) is 21.2 Å². The van der Waals surface area contributed by atoms with Gasteiger partial charge >= 0.3 is 0 Å². The Bertz CT molecular complexity index is 651. The van der Waals surface area contributed by atoms with Crippen LogP contribution in [0.1, 0.15) is 32.7 Å². The zero-order valence-corrected chi connectivity index (χ0v) is 13.2. The molecule has 20 heavy (non-hydrogen) atoms. The van der Waals surface area contributed by atoms with Crippen LogP contribution in [0.4, 0.5) is 0 Å². The molecule has 0 aliphatic carbocycles. The average molecular weight is 334 g/mol. The predicted molar refractivity (Wildman–Crippen MR) is 84.2 cm³/mol. The second-order valence-electron chi connectivity index (χ2n) is 4.74. The molecule has 1 amide bonds. The van der Waals surface area contributed by atoms with Gasteiger partial charge in [0.05, 0.1) is 6.21 Å². The van der Waals surface area contributed by atoms with E-state index in [-0.39, 0.29) is 5.91 Å². The molecule has 2 N–H and O–H groups in total. The van der Waals surface area contributed by atoms with Crippen molar-refractivity contribution in [3.63, 3.8) is 0 Å². The molecular formula is C15H16BrN3O. The van der Waals surface area contributed by atoms with Crippen LogP contribution in [-0.2, 0) is 0 Å². The first kappa shape index (κ1) is 14.5. The number of hydrazone groups is 1. The number of nitrogens with zero attached hydrogens (tertiary/aromatic N) is 1. The summed E-state index contributed by atoms with van der Waals surface area (Å²) in [6.45, 7) is 6.13. The Labute approximate surface area is 126 Å². The van der Waals surface area contributed by atoms with E-state index in [0.29, 0.717) is 5.69 Å². The van der Waals surface area contributed by atoms with Crippen LogP contribution in [0.5, 0.6) is 0 Å². The molecule has 0 atom stereocenters. The lowest BCUT2D eigenvalue weighted by Gasteiger charge is -2.06. The lowest BCUT2D eigenvalue weighted by molar-refractivity contribution is 0.0951. The van der Waals surface area contributed by atoms with Crippen LogP contribution in [0.3, 0.4) is 0 Å². The highest BCUT2D eigenvalue weighted by molar-refractivity contribution is 9.10. The lowest BCUT2D eigenvalue weighted by atomic mass is 10.0. The number of rotatable bonds is 3. The summed E-state index contributed by atoms with van der Waals surface area (Å²) in [6.07, 6.45) is 3.38. The molecular weight excluding hydrogens is 318 g/mol. The van der Waals surface area contributed by atoms with E-state index in [1.54, 1.807) is 18.5 Å². The number of aromatic amines is 1. The molecule has 0 saturated heterocycles. The van der Waals surface area contributed by atoms with Crippen molar-refractivity contribution in [2.45, 2.75) is 20.8 Å². The Morgan fingerprint density at radius 2 is 1.90 bits per heavy atom. The third-order valence-corrected chi connectivity index (χ3v) is 3.45. The van der Waals surface area contributed by atoms with Crippen LogP contribution in [0.2, 0.25) is 0 Å². The van der Waals surface area contributed by atoms with Gasteiger partial charge in [-0.05, 0) is 53.9 Å². The van der Waals surface area contributed by atoms with Crippen LogP contribution in [0, 0.1) is 20.8 Å². The molecule has 5 heteroatoms. The van der Waals surface area contributed by atoms with E-state index in [1.165, 1.54) is 5.56 Å². The number of nitrogens with one attached hydrogen (secondary N) is 2. The van der Waals surface area contributed by atoms with Crippen molar-refractivity contribution >= 4 is 28.1 Å². The molecule has 1 heterocycles. The van der Waals surface area contributed by atoms with Crippen LogP contribution < -0.4 is 5.43 Å². The lowest BCUT2D eigenvalue weighted by Crippen LogP contribution is -2.18.